The third-order valence-electron chi connectivity index (χ3n) is 8.45. The number of allylic oxidation sites excluding steroid dienone is 1. The summed E-state index contributed by atoms with van der Waals surface area (Å²) in [6.45, 7) is 7.46. The molecule has 3 fully saturated rings. The number of hydrogen-bond donors (Lipinski definition) is 0. The maximum absolute atomic E-state index is 13.3. The Morgan fingerprint density at radius 2 is 1.68 bits per heavy atom. The van der Waals surface area contributed by atoms with Crippen molar-refractivity contribution >= 4 is 17.7 Å². The molecule has 0 aliphatic heterocycles. The monoisotopic (exact) mass is 388 g/mol. The second-order valence-corrected chi connectivity index (χ2v) is 9.92. The van der Waals surface area contributed by atoms with E-state index in [1.165, 1.54) is 19.4 Å². The Labute approximate surface area is 167 Å². The third-order valence-corrected chi connectivity index (χ3v) is 8.45. The summed E-state index contributed by atoms with van der Waals surface area (Å²) in [5, 5.41) is 0. The number of hydrogen-bond acceptors (Lipinski definition) is 5. The van der Waals surface area contributed by atoms with Gasteiger partial charge in [-0.05, 0) is 61.9 Å². The van der Waals surface area contributed by atoms with E-state index in [2.05, 4.69) is 13.8 Å². The number of fused-ring (bicyclic) bond motifs is 5. The van der Waals surface area contributed by atoms with Crippen LogP contribution in [0.5, 0.6) is 0 Å². The molecule has 5 heteroatoms. The van der Waals surface area contributed by atoms with Crippen LogP contribution in [-0.2, 0) is 23.9 Å². The molecule has 0 amide bonds. The Bertz CT molecular complexity index is 739. The molecule has 0 aromatic carbocycles. The molecule has 0 heterocycles. The molecule has 5 nitrogen and oxygen atoms in total. The summed E-state index contributed by atoms with van der Waals surface area (Å²) in [5.41, 5.74) is 1.09. The minimum absolute atomic E-state index is 0.01000. The quantitative estimate of drug-likeness (QED) is 0.669. The molecule has 0 aromatic heterocycles. The number of rotatable bonds is 2. The Balaban J connectivity index is 1.62. The van der Waals surface area contributed by atoms with Gasteiger partial charge in [0.25, 0.3) is 0 Å². The van der Waals surface area contributed by atoms with E-state index in [1.54, 1.807) is 0 Å². The second kappa shape index (κ2) is 6.70. The smallest absolute Gasteiger partial charge is 0.302 e. The van der Waals surface area contributed by atoms with Crippen LogP contribution in [0.1, 0.15) is 72.6 Å². The van der Waals surface area contributed by atoms with Gasteiger partial charge in [-0.15, -0.1) is 0 Å². The predicted octanol–water partition coefficient (Wildman–Crippen LogP) is 3.99. The third kappa shape index (κ3) is 2.93. The largest absolute Gasteiger partial charge is 0.462 e. The van der Waals surface area contributed by atoms with Crippen LogP contribution in [0.25, 0.3) is 0 Å². The van der Waals surface area contributed by atoms with Crippen molar-refractivity contribution < 1.29 is 23.9 Å². The Morgan fingerprint density at radius 1 is 0.964 bits per heavy atom. The highest BCUT2D eigenvalue weighted by atomic mass is 16.5. The fraction of sp³-hybridized carbons (Fsp3) is 0.783. The van der Waals surface area contributed by atoms with E-state index in [0.717, 1.165) is 38.5 Å². The van der Waals surface area contributed by atoms with Crippen LogP contribution in [0.3, 0.4) is 0 Å². The fourth-order valence-corrected chi connectivity index (χ4v) is 7.05. The van der Waals surface area contributed by atoms with Gasteiger partial charge in [0, 0.05) is 31.6 Å². The molecular weight excluding hydrogens is 356 g/mol. The van der Waals surface area contributed by atoms with Crippen molar-refractivity contribution in [1.82, 2.24) is 0 Å². The van der Waals surface area contributed by atoms with Gasteiger partial charge in [-0.1, -0.05) is 19.4 Å². The zero-order valence-corrected chi connectivity index (χ0v) is 17.5. The number of esters is 2. The molecule has 4 rings (SSSR count). The van der Waals surface area contributed by atoms with Crippen molar-refractivity contribution in [3.63, 3.8) is 0 Å². The van der Waals surface area contributed by atoms with Crippen molar-refractivity contribution in [1.29, 1.82) is 0 Å². The Kier molecular flexibility index (Phi) is 4.71. The molecule has 7 atom stereocenters. The lowest BCUT2D eigenvalue weighted by atomic mass is 9.47. The second-order valence-electron chi connectivity index (χ2n) is 9.92. The topological polar surface area (TPSA) is 69.7 Å². The average Bonchev–Trinajstić information content (AvgIpc) is 2.92. The van der Waals surface area contributed by atoms with E-state index in [1.807, 2.05) is 6.08 Å². The normalized spacial score (nSPS) is 44.6. The number of ether oxygens (including phenoxy) is 2. The van der Waals surface area contributed by atoms with Gasteiger partial charge in [-0.2, -0.15) is 0 Å². The zero-order valence-electron chi connectivity index (χ0n) is 17.5. The van der Waals surface area contributed by atoms with E-state index in [-0.39, 0.29) is 52.6 Å². The van der Waals surface area contributed by atoms with Crippen LogP contribution < -0.4 is 0 Å². The van der Waals surface area contributed by atoms with Crippen LogP contribution in [0, 0.1) is 28.6 Å². The van der Waals surface area contributed by atoms with Crippen molar-refractivity contribution in [2.45, 2.75) is 84.8 Å². The molecule has 0 unspecified atom stereocenters. The summed E-state index contributed by atoms with van der Waals surface area (Å²) in [7, 11) is 0. The highest BCUT2D eigenvalue weighted by molar-refractivity contribution is 5.94. The minimum Gasteiger partial charge on any atom is -0.462 e. The molecule has 0 radical (unpaired) electrons. The summed E-state index contributed by atoms with van der Waals surface area (Å²) in [5.74, 6) is 0.419. The molecule has 4 aliphatic carbocycles. The first-order valence-corrected chi connectivity index (χ1v) is 10.7. The molecule has 0 spiro atoms. The Hall–Kier alpha value is -1.65. The standard InChI is InChI=1S/C23H32O5/c1-13(24)27-16-7-9-22(3)15(11-16)12-19(26)21-17-5-6-20(28-14(2)25)23(17,4)10-8-18(21)22/h12,16-18,20-21H,5-11H2,1-4H3/t16-,17-,18-,20-,21-,22-,23-/m0/s1. The van der Waals surface area contributed by atoms with Crippen LogP contribution in [0.15, 0.2) is 11.6 Å². The zero-order chi connectivity index (χ0) is 20.3. The highest BCUT2D eigenvalue weighted by Gasteiger charge is 2.61. The maximum atomic E-state index is 13.3. The van der Waals surface area contributed by atoms with E-state index in [9.17, 15) is 14.4 Å². The van der Waals surface area contributed by atoms with Crippen molar-refractivity contribution in [3.05, 3.63) is 11.6 Å². The molecule has 0 N–H and O–H groups in total. The lowest BCUT2D eigenvalue weighted by Crippen LogP contribution is -2.54. The van der Waals surface area contributed by atoms with Gasteiger partial charge < -0.3 is 9.47 Å². The molecule has 154 valence electrons. The van der Waals surface area contributed by atoms with Crippen molar-refractivity contribution in [2.24, 2.45) is 28.6 Å². The molecule has 28 heavy (non-hydrogen) atoms. The summed E-state index contributed by atoms with van der Waals surface area (Å²) < 4.78 is 11.1. The predicted molar refractivity (Wildman–Crippen MR) is 103 cm³/mol. The van der Waals surface area contributed by atoms with Crippen LogP contribution in [0.4, 0.5) is 0 Å². The number of carbonyl (C=O) groups is 3. The molecule has 0 bridgehead atoms. The van der Waals surface area contributed by atoms with Gasteiger partial charge in [0.1, 0.15) is 12.2 Å². The van der Waals surface area contributed by atoms with Crippen LogP contribution >= 0.6 is 0 Å². The number of carbonyl (C=O) groups excluding carboxylic acids is 3. The van der Waals surface area contributed by atoms with Gasteiger partial charge in [-0.3, -0.25) is 14.4 Å². The summed E-state index contributed by atoms with van der Waals surface area (Å²) >= 11 is 0. The Morgan fingerprint density at radius 3 is 2.36 bits per heavy atom. The lowest BCUT2D eigenvalue weighted by molar-refractivity contribution is -0.158. The summed E-state index contributed by atoms with van der Waals surface area (Å²) in [4.78, 5) is 36.2. The van der Waals surface area contributed by atoms with Gasteiger partial charge in [0.2, 0.25) is 0 Å². The average molecular weight is 389 g/mol. The lowest BCUT2D eigenvalue weighted by Gasteiger charge is -2.56. The van der Waals surface area contributed by atoms with E-state index >= 15 is 0 Å². The van der Waals surface area contributed by atoms with E-state index < -0.39 is 0 Å². The van der Waals surface area contributed by atoms with Crippen molar-refractivity contribution in [2.75, 3.05) is 0 Å². The molecule has 0 saturated heterocycles. The maximum Gasteiger partial charge on any atom is 0.302 e. The van der Waals surface area contributed by atoms with Crippen LogP contribution in [0.2, 0.25) is 0 Å². The van der Waals surface area contributed by atoms with Crippen molar-refractivity contribution in [3.8, 4) is 0 Å². The first-order valence-electron chi connectivity index (χ1n) is 10.7. The van der Waals surface area contributed by atoms with E-state index in [0.29, 0.717) is 12.3 Å². The number of ketones is 1. The first kappa shape index (κ1) is 19.7. The molecule has 3 saturated carbocycles. The van der Waals surface area contributed by atoms with E-state index in [4.69, 9.17) is 9.47 Å². The van der Waals surface area contributed by atoms with Gasteiger partial charge in [0.05, 0.1) is 0 Å². The summed E-state index contributed by atoms with van der Waals surface area (Å²) in [6.07, 6.45) is 8.02. The van der Waals surface area contributed by atoms with Gasteiger partial charge in [-0.25, -0.2) is 0 Å². The first-order chi connectivity index (χ1) is 13.1. The van der Waals surface area contributed by atoms with Gasteiger partial charge >= 0.3 is 11.9 Å². The van der Waals surface area contributed by atoms with Crippen LogP contribution in [-0.4, -0.2) is 29.9 Å². The molecule has 0 aromatic rings. The molecule has 4 aliphatic rings. The SMILES string of the molecule is CC(=O)O[C@H]1CC[C@@]2(C)C(=CC(=O)[C@H]3[C@@H]4CC[C@H](OC(C)=O)[C@@]4(C)CC[C@@H]32)C1. The highest BCUT2D eigenvalue weighted by Crippen LogP contribution is 2.64. The van der Waals surface area contributed by atoms with Gasteiger partial charge in [0.15, 0.2) is 5.78 Å². The minimum atomic E-state index is -0.245. The fourth-order valence-electron chi connectivity index (χ4n) is 7.05. The summed E-state index contributed by atoms with van der Waals surface area (Å²) in [6, 6.07) is 0. The molecular formula is C23H32O5.